The smallest absolute Gasteiger partial charge is 0.0208 e. The molecule has 0 amide bonds. The van der Waals surface area contributed by atoms with Crippen molar-refractivity contribution in [2.24, 2.45) is 5.41 Å². The van der Waals surface area contributed by atoms with Crippen molar-refractivity contribution in [3.63, 3.8) is 0 Å². The van der Waals surface area contributed by atoms with Gasteiger partial charge in [-0.3, -0.25) is 0 Å². The fraction of sp³-hybridized carbons (Fsp3) is 0.600. The van der Waals surface area contributed by atoms with E-state index in [9.17, 15) is 0 Å². The highest BCUT2D eigenvalue weighted by molar-refractivity contribution is 5.33. The lowest BCUT2D eigenvalue weighted by Gasteiger charge is -2.20. The van der Waals surface area contributed by atoms with Crippen LogP contribution in [0.4, 0.5) is 0 Å². The molecule has 0 fully saturated rings. The van der Waals surface area contributed by atoms with Crippen LogP contribution in [0, 0.1) is 5.41 Å². The second-order valence-corrected chi connectivity index (χ2v) is 6.19. The fourth-order valence-corrected chi connectivity index (χ4v) is 2.23. The van der Waals surface area contributed by atoms with Crippen molar-refractivity contribution in [2.75, 3.05) is 13.1 Å². The van der Waals surface area contributed by atoms with Gasteiger partial charge in [0.05, 0.1) is 0 Å². The average Bonchev–Trinajstić information content (AvgIpc) is 2.27. The van der Waals surface area contributed by atoms with Crippen LogP contribution in [0.15, 0.2) is 18.2 Å². The molecule has 17 heavy (non-hydrogen) atoms. The zero-order valence-corrected chi connectivity index (χ0v) is 11.3. The molecule has 1 aliphatic rings. The van der Waals surface area contributed by atoms with E-state index < -0.39 is 0 Å². The van der Waals surface area contributed by atoms with Gasteiger partial charge in [0.25, 0.3) is 0 Å². The van der Waals surface area contributed by atoms with Gasteiger partial charge in [-0.05, 0) is 35.1 Å². The van der Waals surface area contributed by atoms with Gasteiger partial charge in [-0.25, -0.2) is 0 Å². The zero-order chi connectivity index (χ0) is 12.3. The van der Waals surface area contributed by atoms with Crippen LogP contribution in [0.3, 0.4) is 0 Å². The molecule has 0 radical (unpaired) electrons. The highest BCUT2D eigenvalue weighted by atomic mass is 14.9. The number of hydrogen-bond donors (Lipinski definition) is 2. The van der Waals surface area contributed by atoms with Crippen LogP contribution in [0.1, 0.15) is 37.5 Å². The first-order valence-electron chi connectivity index (χ1n) is 6.57. The highest BCUT2D eigenvalue weighted by Gasteiger charge is 2.10. The second kappa shape index (κ2) is 5.19. The topological polar surface area (TPSA) is 24.1 Å². The second-order valence-electron chi connectivity index (χ2n) is 6.19. The lowest BCUT2D eigenvalue weighted by atomic mass is 9.96. The Morgan fingerprint density at radius 1 is 1.24 bits per heavy atom. The predicted molar refractivity (Wildman–Crippen MR) is 73.0 cm³/mol. The summed E-state index contributed by atoms with van der Waals surface area (Å²) in [6.45, 7) is 11.0. The van der Waals surface area contributed by atoms with E-state index in [4.69, 9.17) is 0 Å². The maximum absolute atomic E-state index is 3.53. The van der Waals surface area contributed by atoms with Crippen molar-refractivity contribution in [1.82, 2.24) is 10.6 Å². The van der Waals surface area contributed by atoms with Crippen LogP contribution in [-0.4, -0.2) is 13.1 Å². The standard InChI is InChI=1S/C15H24N2/c1-15(2,3)11-17-9-12-4-5-13-6-7-16-10-14(13)8-12/h4-5,8,16-17H,6-7,9-11H2,1-3H3. The Hall–Kier alpha value is -0.860. The Morgan fingerprint density at radius 3 is 2.82 bits per heavy atom. The van der Waals surface area contributed by atoms with E-state index in [1.807, 2.05) is 0 Å². The number of nitrogens with one attached hydrogen (secondary N) is 2. The van der Waals surface area contributed by atoms with Crippen molar-refractivity contribution >= 4 is 0 Å². The van der Waals surface area contributed by atoms with E-state index in [0.717, 1.165) is 26.2 Å². The van der Waals surface area contributed by atoms with Crippen LogP contribution < -0.4 is 10.6 Å². The van der Waals surface area contributed by atoms with Crippen LogP contribution >= 0.6 is 0 Å². The lowest BCUT2D eigenvalue weighted by Crippen LogP contribution is -2.27. The quantitative estimate of drug-likeness (QED) is 0.836. The van der Waals surface area contributed by atoms with E-state index in [0.29, 0.717) is 5.41 Å². The summed E-state index contributed by atoms with van der Waals surface area (Å²) < 4.78 is 0. The van der Waals surface area contributed by atoms with Crippen LogP contribution in [0.25, 0.3) is 0 Å². The Labute approximate surface area is 105 Å². The summed E-state index contributed by atoms with van der Waals surface area (Å²) >= 11 is 0. The maximum atomic E-state index is 3.53. The molecule has 0 atom stereocenters. The summed E-state index contributed by atoms with van der Waals surface area (Å²) in [6.07, 6.45) is 1.17. The molecule has 0 spiro atoms. The summed E-state index contributed by atoms with van der Waals surface area (Å²) in [7, 11) is 0. The monoisotopic (exact) mass is 232 g/mol. The van der Waals surface area contributed by atoms with E-state index in [2.05, 4.69) is 49.6 Å². The van der Waals surface area contributed by atoms with Crippen molar-refractivity contribution in [1.29, 1.82) is 0 Å². The minimum absolute atomic E-state index is 0.357. The molecular formula is C15H24N2. The molecule has 0 bridgehead atoms. The van der Waals surface area contributed by atoms with Crippen molar-refractivity contribution < 1.29 is 0 Å². The first-order valence-corrected chi connectivity index (χ1v) is 6.57. The maximum Gasteiger partial charge on any atom is 0.0208 e. The van der Waals surface area contributed by atoms with E-state index in [1.54, 1.807) is 0 Å². The van der Waals surface area contributed by atoms with E-state index >= 15 is 0 Å². The van der Waals surface area contributed by atoms with Gasteiger partial charge in [0.15, 0.2) is 0 Å². The van der Waals surface area contributed by atoms with Gasteiger partial charge in [-0.2, -0.15) is 0 Å². The van der Waals surface area contributed by atoms with Gasteiger partial charge in [0, 0.05) is 19.6 Å². The Morgan fingerprint density at radius 2 is 2.06 bits per heavy atom. The minimum atomic E-state index is 0.357. The summed E-state index contributed by atoms with van der Waals surface area (Å²) in [5.41, 5.74) is 4.75. The molecule has 2 rings (SSSR count). The van der Waals surface area contributed by atoms with Crippen molar-refractivity contribution in [3.05, 3.63) is 34.9 Å². The molecule has 1 aliphatic heterocycles. The van der Waals surface area contributed by atoms with Crippen LogP contribution in [-0.2, 0) is 19.5 Å². The van der Waals surface area contributed by atoms with Gasteiger partial charge in [0.1, 0.15) is 0 Å². The van der Waals surface area contributed by atoms with E-state index in [1.165, 1.54) is 23.1 Å². The first-order chi connectivity index (χ1) is 8.04. The zero-order valence-electron chi connectivity index (χ0n) is 11.3. The van der Waals surface area contributed by atoms with Gasteiger partial charge in [0.2, 0.25) is 0 Å². The molecule has 0 aromatic heterocycles. The molecule has 1 aromatic carbocycles. The molecule has 2 heteroatoms. The lowest BCUT2D eigenvalue weighted by molar-refractivity contribution is 0.379. The molecule has 0 unspecified atom stereocenters. The van der Waals surface area contributed by atoms with Gasteiger partial charge in [-0.15, -0.1) is 0 Å². The molecule has 1 heterocycles. The molecule has 2 nitrogen and oxygen atoms in total. The third kappa shape index (κ3) is 3.83. The van der Waals surface area contributed by atoms with Gasteiger partial charge >= 0.3 is 0 Å². The van der Waals surface area contributed by atoms with E-state index in [-0.39, 0.29) is 0 Å². The molecule has 94 valence electrons. The normalized spacial score (nSPS) is 15.7. The van der Waals surface area contributed by atoms with Gasteiger partial charge in [-0.1, -0.05) is 39.0 Å². The Balaban J connectivity index is 1.93. The fourth-order valence-electron chi connectivity index (χ4n) is 2.23. The molecule has 0 saturated heterocycles. The number of benzene rings is 1. The third-order valence-electron chi connectivity index (χ3n) is 3.14. The van der Waals surface area contributed by atoms with Crippen LogP contribution in [0.5, 0.6) is 0 Å². The van der Waals surface area contributed by atoms with Gasteiger partial charge < -0.3 is 10.6 Å². The molecular weight excluding hydrogens is 208 g/mol. The number of fused-ring (bicyclic) bond motifs is 1. The molecule has 2 N–H and O–H groups in total. The largest absolute Gasteiger partial charge is 0.312 e. The number of rotatable bonds is 3. The number of hydrogen-bond acceptors (Lipinski definition) is 2. The van der Waals surface area contributed by atoms with Crippen LogP contribution in [0.2, 0.25) is 0 Å². The predicted octanol–water partition coefficient (Wildman–Crippen LogP) is 2.47. The highest BCUT2D eigenvalue weighted by Crippen LogP contribution is 2.16. The van der Waals surface area contributed by atoms with Crippen molar-refractivity contribution in [3.8, 4) is 0 Å². The van der Waals surface area contributed by atoms with Crippen molar-refractivity contribution in [2.45, 2.75) is 40.3 Å². The Bertz CT molecular complexity index is 377. The molecule has 1 aromatic rings. The first kappa shape index (κ1) is 12.6. The minimum Gasteiger partial charge on any atom is -0.312 e. The summed E-state index contributed by atoms with van der Waals surface area (Å²) in [5, 5.41) is 6.96. The average molecular weight is 232 g/mol. The SMILES string of the molecule is CC(C)(C)CNCc1ccc2c(c1)CNCC2. The third-order valence-corrected chi connectivity index (χ3v) is 3.14. The molecule has 0 saturated carbocycles. The molecule has 0 aliphatic carbocycles. The summed E-state index contributed by atoms with van der Waals surface area (Å²) in [5.74, 6) is 0. The summed E-state index contributed by atoms with van der Waals surface area (Å²) in [4.78, 5) is 0. The Kier molecular flexibility index (Phi) is 3.85. The summed E-state index contributed by atoms with van der Waals surface area (Å²) in [6, 6.07) is 6.90.